The van der Waals surface area contributed by atoms with E-state index >= 15 is 0 Å². The normalized spacial score (nSPS) is 12.2. The summed E-state index contributed by atoms with van der Waals surface area (Å²) in [7, 11) is 1.84. The van der Waals surface area contributed by atoms with E-state index in [-0.39, 0.29) is 13.2 Å². The molecule has 0 radical (unpaired) electrons. The van der Waals surface area contributed by atoms with Gasteiger partial charge in [0.2, 0.25) is 11.8 Å². The lowest BCUT2D eigenvalue weighted by molar-refractivity contribution is 0.511. The molecule has 9 heteroatoms. The van der Waals surface area contributed by atoms with Gasteiger partial charge < -0.3 is 15.1 Å². The second kappa shape index (κ2) is 10.1. The summed E-state index contributed by atoms with van der Waals surface area (Å²) < 4.78 is 20.5. The molecule has 0 atom stereocenters. The van der Waals surface area contributed by atoms with Gasteiger partial charge >= 0.3 is 0 Å². The summed E-state index contributed by atoms with van der Waals surface area (Å²) in [6, 6.07) is 17.7. The quantitative estimate of drug-likeness (QED) is 0.277. The molecule has 3 heterocycles. The number of hydrogen-bond donors (Lipinski definition) is 2. The molecule has 0 saturated heterocycles. The molecule has 0 aliphatic carbocycles. The van der Waals surface area contributed by atoms with Crippen molar-refractivity contribution >= 4 is 40.0 Å². The maximum absolute atomic E-state index is 14.7. The molecule has 186 valence electrons. The van der Waals surface area contributed by atoms with Gasteiger partial charge in [-0.25, -0.2) is 19.3 Å². The summed E-state index contributed by atoms with van der Waals surface area (Å²) >= 11 is 6.35. The first-order chi connectivity index (χ1) is 17.6. The fourth-order valence-corrected chi connectivity index (χ4v) is 4.45. The number of oxazole rings is 1. The highest BCUT2D eigenvalue weighted by molar-refractivity contribution is 6.31. The van der Waals surface area contributed by atoms with Crippen LogP contribution < -0.4 is 10.6 Å². The molecule has 0 amide bonds. The molecule has 0 unspecified atom stereocenters. The van der Waals surface area contributed by atoms with Crippen LogP contribution in [0.5, 0.6) is 0 Å². The lowest BCUT2D eigenvalue weighted by Crippen LogP contribution is -2.07. The van der Waals surface area contributed by atoms with Crippen LogP contribution in [0, 0.1) is 5.82 Å². The van der Waals surface area contributed by atoms with E-state index in [9.17, 15) is 4.39 Å². The van der Waals surface area contributed by atoms with E-state index in [1.54, 1.807) is 36.5 Å². The average Bonchev–Trinajstić information content (AvgIpc) is 3.20. The van der Waals surface area contributed by atoms with Gasteiger partial charge in [0.15, 0.2) is 5.58 Å². The van der Waals surface area contributed by atoms with Crippen LogP contribution in [0.4, 0.5) is 16.0 Å². The smallest absolute Gasteiger partial charge is 0.227 e. The fraction of sp³-hybridized carbons (Fsp3) is 0.143. The molecule has 7 nitrogen and oxygen atoms in total. The number of nitrogens with one attached hydrogen (secondary N) is 2. The summed E-state index contributed by atoms with van der Waals surface area (Å²) in [5.74, 6) is 0.687. The molecule has 3 aromatic carbocycles. The Hall–Kier alpha value is -4.14. The maximum Gasteiger partial charge on any atom is 0.227 e. The summed E-state index contributed by atoms with van der Waals surface area (Å²) in [5.41, 5.74) is 6.23. The second-order valence-corrected chi connectivity index (χ2v) is 8.78. The van der Waals surface area contributed by atoms with Crippen LogP contribution in [0.25, 0.3) is 22.4 Å². The SMILES string of the molecule is C.CNCc1nc2ccc(Nc3ncc4c(n3)-c3ccc(Cl)cc3C(c3ccccc3F)=NC4)cc2o1. The fourth-order valence-electron chi connectivity index (χ4n) is 4.27. The Morgan fingerprint density at radius 3 is 2.70 bits per heavy atom. The minimum absolute atomic E-state index is 0. The Balaban J connectivity index is 0.00000280. The summed E-state index contributed by atoms with van der Waals surface area (Å²) in [6.45, 7) is 0.857. The van der Waals surface area contributed by atoms with Crippen molar-refractivity contribution < 1.29 is 8.81 Å². The minimum Gasteiger partial charge on any atom is -0.439 e. The lowest BCUT2D eigenvalue weighted by atomic mass is 9.95. The highest BCUT2D eigenvalue weighted by Gasteiger charge is 2.23. The van der Waals surface area contributed by atoms with Gasteiger partial charge in [0, 0.05) is 45.2 Å². The van der Waals surface area contributed by atoms with Gasteiger partial charge in [-0.1, -0.05) is 37.2 Å². The third-order valence-electron chi connectivity index (χ3n) is 5.91. The van der Waals surface area contributed by atoms with Crippen LogP contribution in [0.2, 0.25) is 5.02 Å². The number of halogens is 2. The largest absolute Gasteiger partial charge is 0.439 e. The van der Waals surface area contributed by atoms with Gasteiger partial charge in [-0.05, 0) is 43.4 Å². The lowest BCUT2D eigenvalue weighted by Gasteiger charge is -2.13. The number of nitrogens with zero attached hydrogens (tertiary/aromatic N) is 4. The van der Waals surface area contributed by atoms with Crippen LogP contribution in [-0.2, 0) is 13.1 Å². The molecule has 2 aromatic heterocycles. The summed E-state index contributed by atoms with van der Waals surface area (Å²) in [5, 5.41) is 6.82. The zero-order valence-corrected chi connectivity index (χ0v) is 20.0. The first-order valence-corrected chi connectivity index (χ1v) is 11.7. The topological polar surface area (TPSA) is 88.2 Å². The van der Waals surface area contributed by atoms with E-state index in [1.807, 2.05) is 31.3 Å². The number of anilines is 2. The average molecular weight is 515 g/mol. The highest BCUT2D eigenvalue weighted by Crippen LogP contribution is 2.34. The number of benzene rings is 3. The predicted molar refractivity (Wildman–Crippen MR) is 145 cm³/mol. The number of fused-ring (bicyclic) bond motifs is 4. The molecule has 0 bridgehead atoms. The number of aromatic nitrogens is 3. The zero-order chi connectivity index (χ0) is 24.6. The molecule has 0 spiro atoms. The van der Waals surface area contributed by atoms with Gasteiger partial charge in [0.1, 0.15) is 11.3 Å². The third kappa shape index (κ3) is 4.69. The van der Waals surface area contributed by atoms with Gasteiger partial charge in [-0.3, -0.25) is 4.99 Å². The minimum atomic E-state index is -0.345. The predicted octanol–water partition coefficient (Wildman–Crippen LogP) is 6.53. The zero-order valence-electron chi connectivity index (χ0n) is 19.2. The van der Waals surface area contributed by atoms with Crippen LogP contribution in [0.3, 0.4) is 0 Å². The number of rotatable bonds is 5. The van der Waals surface area contributed by atoms with Gasteiger partial charge in [-0.15, -0.1) is 0 Å². The van der Waals surface area contributed by atoms with E-state index in [0.29, 0.717) is 52.5 Å². The third-order valence-corrected chi connectivity index (χ3v) is 6.14. The van der Waals surface area contributed by atoms with Crippen molar-refractivity contribution in [2.24, 2.45) is 4.99 Å². The highest BCUT2D eigenvalue weighted by atomic mass is 35.5. The van der Waals surface area contributed by atoms with Crippen LogP contribution in [0.1, 0.15) is 30.0 Å². The van der Waals surface area contributed by atoms with Crippen molar-refractivity contribution in [3.05, 3.63) is 100 Å². The van der Waals surface area contributed by atoms with E-state index in [2.05, 4.69) is 20.6 Å². The molecule has 0 fully saturated rings. The molecule has 5 aromatic rings. The summed E-state index contributed by atoms with van der Waals surface area (Å²) in [6.07, 6.45) is 1.74. The van der Waals surface area contributed by atoms with Gasteiger partial charge in [-0.2, -0.15) is 0 Å². The van der Waals surface area contributed by atoms with Crippen molar-refractivity contribution in [2.75, 3.05) is 12.4 Å². The van der Waals surface area contributed by atoms with E-state index in [4.69, 9.17) is 26.0 Å². The number of hydrogen-bond acceptors (Lipinski definition) is 7. The standard InChI is InChI=1S/C27H20ClFN6O.CH4/c1-30-14-24-34-22-9-7-17(11-23(22)36-24)33-27-32-13-15-12-31-26(19-4-2-3-5-21(19)29)20-10-16(28)6-8-18(20)25(15)35-27;/h2-11,13,30H,12,14H2,1H3,(H,32,33,35);1H4. The molecule has 0 saturated carbocycles. The Morgan fingerprint density at radius 1 is 1.00 bits per heavy atom. The number of aliphatic imine (C=N–C) groups is 1. The van der Waals surface area contributed by atoms with E-state index in [1.165, 1.54) is 6.07 Å². The first-order valence-electron chi connectivity index (χ1n) is 11.4. The van der Waals surface area contributed by atoms with Gasteiger partial charge in [0.25, 0.3) is 0 Å². The van der Waals surface area contributed by atoms with Crippen LogP contribution in [0.15, 0.2) is 76.3 Å². The first kappa shape index (κ1) is 24.5. The molecular weight excluding hydrogens is 491 g/mol. The molecular formula is C28H24ClFN6O. The Bertz CT molecular complexity index is 1650. The van der Waals surface area contributed by atoms with Crippen LogP contribution in [-0.4, -0.2) is 27.7 Å². The Morgan fingerprint density at radius 2 is 1.86 bits per heavy atom. The summed E-state index contributed by atoms with van der Waals surface area (Å²) in [4.78, 5) is 18.5. The van der Waals surface area contributed by atoms with Crippen molar-refractivity contribution in [3.8, 4) is 11.3 Å². The van der Waals surface area contributed by atoms with E-state index < -0.39 is 0 Å². The van der Waals surface area contributed by atoms with Crippen molar-refractivity contribution in [1.29, 1.82) is 0 Å². The molecule has 2 N–H and O–H groups in total. The Labute approximate surface area is 218 Å². The maximum atomic E-state index is 14.7. The van der Waals surface area contributed by atoms with Crippen LogP contribution >= 0.6 is 11.6 Å². The van der Waals surface area contributed by atoms with E-state index in [0.717, 1.165) is 27.9 Å². The Kier molecular flexibility index (Phi) is 6.69. The molecule has 1 aliphatic rings. The monoisotopic (exact) mass is 514 g/mol. The second-order valence-electron chi connectivity index (χ2n) is 8.35. The molecule has 37 heavy (non-hydrogen) atoms. The van der Waals surface area contributed by atoms with Gasteiger partial charge in [0.05, 0.1) is 24.5 Å². The van der Waals surface area contributed by atoms with Crippen molar-refractivity contribution in [2.45, 2.75) is 20.5 Å². The van der Waals surface area contributed by atoms with Crippen molar-refractivity contribution in [3.63, 3.8) is 0 Å². The van der Waals surface area contributed by atoms with Crippen molar-refractivity contribution in [1.82, 2.24) is 20.3 Å². The molecule has 6 rings (SSSR count). The molecule has 1 aliphatic heterocycles.